The number of benzene rings is 2. The van der Waals surface area contributed by atoms with E-state index < -0.39 is 0 Å². The third-order valence-electron chi connectivity index (χ3n) is 5.68. The quantitative estimate of drug-likeness (QED) is 0.427. The largest absolute Gasteiger partial charge is 0.492 e. The fourth-order valence-corrected chi connectivity index (χ4v) is 5.60. The van der Waals surface area contributed by atoms with Crippen molar-refractivity contribution in [2.75, 3.05) is 31.1 Å². The van der Waals surface area contributed by atoms with Gasteiger partial charge >= 0.3 is 0 Å². The van der Waals surface area contributed by atoms with E-state index in [1.165, 1.54) is 28.0 Å². The predicted molar refractivity (Wildman–Crippen MR) is 126 cm³/mol. The van der Waals surface area contributed by atoms with Gasteiger partial charge in [-0.05, 0) is 48.9 Å². The number of aromatic nitrogens is 3. The Kier molecular flexibility index (Phi) is 5.71. The van der Waals surface area contributed by atoms with Crippen LogP contribution in [0.15, 0.2) is 42.5 Å². The highest BCUT2D eigenvalue weighted by atomic mass is 35.5. The highest BCUT2D eigenvalue weighted by molar-refractivity contribution is 7.17. The van der Waals surface area contributed by atoms with E-state index in [0.29, 0.717) is 20.8 Å². The molecule has 0 saturated carbocycles. The van der Waals surface area contributed by atoms with Gasteiger partial charge < -0.3 is 10.0 Å². The number of rotatable bonds is 4. The van der Waals surface area contributed by atoms with Crippen molar-refractivity contribution in [2.24, 2.45) is 0 Å². The van der Waals surface area contributed by atoms with Crippen molar-refractivity contribution >= 4 is 45.2 Å². The van der Waals surface area contributed by atoms with Crippen LogP contribution in [0.3, 0.4) is 0 Å². The molecule has 0 unspecified atom stereocenters. The van der Waals surface area contributed by atoms with Crippen molar-refractivity contribution < 1.29 is 9.50 Å². The van der Waals surface area contributed by atoms with E-state index >= 15 is 0 Å². The summed E-state index contributed by atoms with van der Waals surface area (Å²) in [7, 11) is 0. The van der Waals surface area contributed by atoms with Crippen molar-refractivity contribution in [1.29, 1.82) is 0 Å². The highest BCUT2D eigenvalue weighted by Crippen LogP contribution is 2.41. The molecule has 2 aromatic heterocycles. The Hall–Kier alpha value is -2.39. The van der Waals surface area contributed by atoms with Crippen molar-refractivity contribution in [3.8, 4) is 5.88 Å². The molecule has 4 aromatic rings. The Labute approximate surface area is 198 Å². The van der Waals surface area contributed by atoms with Crippen molar-refractivity contribution in [3.63, 3.8) is 0 Å². The average molecular weight is 492 g/mol. The lowest BCUT2D eigenvalue weighted by molar-refractivity contribution is 0.211. The third-order valence-corrected chi connectivity index (χ3v) is 7.50. The minimum absolute atomic E-state index is 0.0858. The summed E-state index contributed by atoms with van der Waals surface area (Å²) in [6, 6.07) is 11.9. The molecule has 6 nitrogen and oxygen atoms in total. The smallest absolute Gasteiger partial charge is 0.230 e. The van der Waals surface area contributed by atoms with E-state index in [1.807, 2.05) is 12.1 Å². The molecule has 1 saturated heterocycles. The molecule has 1 atom stereocenters. The predicted octanol–water partition coefficient (Wildman–Crippen LogP) is 5.16. The Bertz CT molecular complexity index is 1270. The summed E-state index contributed by atoms with van der Waals surface area (Å²) >= 11 is 13.9. The SMILES string of the molecule is Cc1nc2sc([C@H](c3ccc(Cl)c(Cl)c3)N3CCN(c4ccc(F)cc4)CC3)c(O)n2n1. The van der Waals surface area contributed by atoms with E-state index in [0.717, 1.165) is 42.3 Å². The minimum atomic E-state index is -0.242. The molecule has 3 heterocycles. The number of thiazole rings is 1. The van der Waals surface area contributed by atoms with Crippen LogP contribution in [0.4, 0.5) is 10.1 Å². The molecule has 1 aliphatic heterocycles. The van der Waals surface area contributed by atoms with Gasteiger partial charge in [0.15, 0.2) is 0 Å². The molecule has 0 aliphatic carbocycles. The fraction of sp³-hybridized carbons (Fsp3) is 0.273. The van der Waals surface area contributed by atoms with E-state index in [-0.39, 0.29) is 17.7 Å². The molecule has 1 aliphatic rings. The molecule has 166 valence electrons. The van der Waals surface area contributed by atoms with Crippen LogP contribution in [0.1, 0.15) is 22.3 Å². The highest BCUT2D eigenvalue weighted by Gasteiger charge is 2.32. The topological polar surface area (TPSA) is 56.9 Å². The molecule has 32 heavy (non-hydrogen) atoms. The zero-order chi connectivity index (χ0) is 22.4. The number of hydrogen-bond acceptors (Lipinski definition) is 6. The number of anilines is 1. The number of aryl methyl sites for hydroxylation is 1. The Morgan fingerprint density at radius 3 is 2.41 bits per heavy atom. The molecule has 0 amide bonds. The maximum absolute atomic E-state index is 13.3. The van der Waals surface area contributed by atoms with Gasteiger partial charge in [0, 0.05) is 31.9 Å². The zero-order valence-electron chi connectivity index (χ0n) is 17.2. The van der Waals surface area contributed by atoms with Gasteiger partial charge in [0.2, 0.25) is 10.8 Å². The number of fused-ring (bicyclic) bond motifs is 1. The Balaban J connectivity index is 1.48. The van der Waals surface area contributed by atoms with Crippen molar-refractivity contribution in [1.82, 2.24) is 19.5 Å². The van der Waals surface area contributed by atoms with Gasteiger partial charge in [0.05, 0.1) is 21.0 Å². The molecule has 0 radical (unpaired) electrons. The van der Waals surface area contributed by atoms with Crippen LogP contribution >= 0.6 is 34.5 Å². The summed E-state index contributed by atoms with van der Waals surface area (Å²) in [6.45, 7) is 4.82. The van der Waals surface area contributed by atoms with Crippen LogP contribution in [-0.2, 0) is 0 Å². The lowest BCUT2D eigenvalue weighted by Crippen LogP contribution is -2.47. The number of piperazine rings is 1. The first-order chi connectivity index (χ1) is 15.4. The Morgan fingerprint density at radius 2 is 1.75 bits per heavy atom. The van der Waals surface area contributed by atoms with E-state index in [4.69, 9.17) is 23.2 Å². The molecular weight excluding hydrogens is 472 g/mol. The summed E-state index contributed by atoms with van der Waals surface area (Å²) in [5, 5.41) is 16.2. The van der Waals surface area contributed by atoms with Crippen LogP contribution in [0, 0.1) is 12.7 Å². The van der Waals surface area contributed by atoms with Gasteiger partial charge in [0.25, 0.3) is 0 Å². The van der Waals surface area contributed by atoms with Gasteiger partial charge in [-0.2, -0.15) is 4.52 Å². The first-order valence-corrected chi connectivity index (χ1v) is 11.7. The van der Waals surface area contributed by atoms with E-state index in [9.17, 15) is 9.50 Å². The maximum atomic E-state index is 13.3. The monoisotopic (exact) mass is 491 g/mol. The average Bonchev–Trinajstić information content (AvgIpc) is 3.29. The second-order valence-corrected chi connectivity index (χ2v) is 9.54. The number of nitrogens with zero attached hydrogens (tertiary/aromatic N) is 5. The van der Waals surface area contributed by atoms with Crippen molar-refractivity contribution in [3.05, 3.63) is 74.6 Å². The van der Waals surface area contributed by atoms with Gasteiger partial charge in [-0.15, -0.1) is 5.10 Å². The molecule has 10 heteroatoms. The third kappa shape index (κ3) is 3.92. The standard InChI is InChI=1S/C22H20Cl2FN5OS/c1-13-26-22-30(27-13)21(31)20(32-22)19(14-2-7-17(23)18(24)12-14)29-10-8-28(9-11-29)16-5-3-15(25)4-6-16/h2-7,12,19,31H,8-11H2,1H3/t19-/m0/s1. The fourth-order valence-electron chi connectivity index (χ4n) is 4.13. The maximum Gasteiger partial charge on any atom is 0.230 e. The first-order valence-electron chi connectivity index (χ1n) is 10.2. The number of halogens is 3. The molecule has 2 aromatic carbocycles. The van der Waals surface area contributed by atoms with Crippen LogP contribution in [0.2, 0.25) is 10.0 Å². The van der Waals surface area contributed by atoms with Gasteiger partial charge in [-0.3, -0.25) is 4.90 Å². The van der Waals surface area contributed by atoms with Crippen LogP contribution in [-0.4, -0.2) is 50.8 Å². The lowest BCUT2D eigenvalue weighted by atomic mass is 10.0. The zero-order valence-corrected chi connectivity index (χ0v) is 19.5. The lowest BCUT2D eigenvalue weighted by Gasteiger charge is -2.40. The molecule has 0 bridgehead atoms. The van der Waals surface area contributed by atoms with Gasteiger partial charge in [-0.1, -0.05) is 40.6 Å². The molecule has 0 spiro atoms. The normalized spacial score (nSPS) is 16.1. The number of hydrogen-bond donors (Lipinski definition) is 1. The second kappa shape index (κ2) is 8.51. The summed E-state index contributed by atoms with van der Waals surface area (Å²) in [6.07, 6.45) is 0. The second-order valence-electron chi connectivity index (χ2n) is 7.72. The number of aromatic hydroxyl groups is 1. The van der Waals surface area contributed by atoms with Crippen LogP contribution in [0.5, 0.6) is 5.88 Å². The Morgan fingerprint density at radius 1 is 1.03 bits per heavy atom. The van der Waals surface area contributed by atoms with E-state index in [2.05, 4.69) is 19.9 Å². The van der Waals surface area contributed by atoms with E-state index in [1.54, 1.807) is 25.1 Å². The van der Waals surface area contributed by atoms with Gasteiger partial charge in [0.1, 0.15) is 11.6 Å². The molecule has 5 rings (SSSR count). The van der Waals surface area contributed by atoms with Crippen LogP contribution < -0.4 is 4.90 Å². The summed E-state index contributed by atoms with van der Waals surface area (Å²) in [5.41, 5.74) is 1.93. The van der Waals surface area contributed by atoms with Gasteiger partial charge in [-0.25, -0.2) is 9.37 Å². The van der Waals surface area contributed by atoms with Crippen molar-refractivity contribution in [2.45, 2.75) is 13.0 Å². The molecular formula is C22H20Cl2FN5OS. The minimum Gasteiger partial charge on any atom is -0.492 e. The summed E-state index contributed by atoms with van der Waals surface area (Å²) < 4.78 is 14.8. The summed E-state index contributed by atoms with van der Waals surface area (Å²) in [5.74, 6) is 0.453. The molecule has 1 fully saturated rings. The summed E-state index contributed by atoms with van der Waals surface area (Å²) in [4.78, 5) is 10.3. The first kappa shape index (κ1) is 21.5. The molecule has 1 N–H and O–H groups in total. The van der Waals surface area contributed by atoms with Crippen LogP contribution in [0.25, 0.3) is 4.96 Å².